The van der Waals surface area contributed by atoms with E-state index in [2.05, 4.69) is 30.0 Å². The van der Waals surface area contributed by atoms with Crippen LogP contribution >= 0.6 is 0 Å². The lowest BCUT2D eigenvalue weighted by atomic mass is 10.1. The average Bonchev–Trinajstić information content (AvgIpc) is 2.67. The number of quaternary nitrogens is 1. The molecule has 0 spiro atoms. The normalized spacial score (nSPS) is 12.0. The molecule has 0 bridgehead atoms. The SMILES string of the molecule is COc1ccc(C)cc1C[NH+](C)Cc1nc2cc(OC)c(OC)cc2c(=O)[nH]1. The van der Waals surface area contributed by atoms with Crippen molar-refractivity contribution < 1.29 is 19.1 Å². The molecule has 0 amide bonds. The third-order valence-corrected chi connectivity index (χ3v) is 4.66. The summed E-state index contributed by atoms with van der Waals surface area (Å²) in [5.74, 6) is 2.53. The van der Waals surface area contributed by atoms with Crippen molar-refractivity contribution in [2.45, 2.75) is 20.0 Å². The Hall–Kier alpha value is -3.06. The number of benzene rings is 2. The number of nitrogens with one attached hydrogen (secondary N) is 2. The molecule has 7 heteroatoms. The molecule has 0 aliphatic carbocycles. The number of ether oxygens (including phenoxy) is 3. The zero-order valence-corrected chi connectivity index (χ0v) is 16.9. The van der Waals surface area contributed by atoms with Crippen LogP contribution in [0.1, 0.15) is 17.0 Å². The minimum absolute atomic E-state index is 0.193. The van der Waals surface area contributed by atoms with Crippen LogP contribution in [0, 0.1) is 6.92 Å². The number of aryl methyl sites for hydroxylation is 1. The highest BCUT2D eigenvalue weighted by Gasteiger charge is 2.15. The second-order valence-corrected chi connectivity index (χ2v) is 6.86. The van der Waals surface area contributed by atoms with Gasteiger partial charge in [0.1, 0.15) is 18.8 Å². The zero-order chi connectivity index (χ0) is 20.3. The Morgan fingerprint density at radius 2 is 1.64 bits per heavy atom. The number of aromatic nitrogens is 2. The third kappa shape index (κ3) is 4.09. The van der Waals surface area contributed by atoms with Gasteiger partial charge in [-0.25, -0.2) is 4.98 Å². The van der Waals surface area contributed by atoms with E-state index in [4.69, 9.17) is 14.2 Å². The first kappa shape index (κ1) is 19.7. The molecule has 1 unspecified atom stereocenters. The van der Waals surface area contributed by atoms with Gasteiger partial charge in [-0.1, -0.05) is 11.6 Å². The molecule has 1 aromatic heterocycles. The maximum atomic E-state index is 12.5. The van der Waals surface area contributed by atoms with Crippen LogP contribution in [0.3, 0.4) is 0 Å². The molecule has 0 radical (unpaired) electrons. The molecule has 28 heavy (non-hydrogen) atoms. The van der Waals surface area contributed by atoms with Gasteiger partial charge in [-0.05, 0) is 25.1 Å². The largest absolute Gasteiger partial charge is 0.496 e. The summed E-state index contributed by atoms with van der Waals surface area (Å²) in [5.41, 5.74) is 2.69. The fraction of sp³-hybridized carbons (Fsp3) is 0.333. The summed E-state index contributed by atoms with van der Waals surface area (Å²) >= 11 is 0. The van der Waals surface area contributed by atoms with Crippen LogP contribution in [0.25, 0.3) is 10.9 Å². The van der Waals surface area contributed by atoms with E-state index in [1.54, 1.807) is 26.4 Å². The van der Waals surface area contributed by atoms with Crippen molar-refractivity contribution >= 4 is 10.9 Å². The number of methoxy groups -OCH3 is 3. The van der Waals surface area contributed by atoms with E-state index in [1.165, 1.54) is 17.6 Å². The van der Waals surface area contributed by atoms with E-state index in [-0.39, 0.29) is 5.56 Å². The Balaban J connectivity index is 1.88. The maximum absolute atomic E-state index is 12.5. The first-order valence-electron chi connectivity index (χ1n) is 9.05. The summed E-state index contributed by atoms with van der Waals surface area (Å²) in [6.45, 7) is 3.37. The van der Waals surface area contributed by atoms with E-state index in [0.717, 1.165) is 17.9 Å². The van der Waals surface area contributed by atoms with Crippen LogP contribution in [0.15, 0.2) is 35.1 Å². The molecular weight excluding hydrogens is 358 g/mol. The van der Waals surface area contributed by atoms with Gasteiger partial charge in [-0.2, -0.15) is 0 Å². The molecule has 7 nitrogen and oxygen atoms in total. The molecule has 0 fully saturated rings. The number of hydrogen-bond donors (Lipinski definition) is 2. The molecule has 1 heterocycles. The smallest absolute Gasteiger partial charge is 0.259 e. The lowest BCUT2D eigenvalue weighted by molar-refractivity contribution is -0.908. The Bertz CT molecular complexity index is 1050. The molecule has 3 aromatic rings. The molecule has 148 valence electrons. The quantitative estimate of drug-likeness (QED) is 0.645. The van der Waals surface area contributed by atoms with Crippen LogP contribution in [0.4, 0.5) is 0 Å². The standard InChI is InChI=1S/C21H25N3O4/c1-13-6-7-17(26-3)14(8-13)11-24(2)12-20-22-16-10-19(28-5)18(27-4)9-15(16)21(25)23-20/h6-10H,11-12H2,1-5H3,(H,22,23,25)/p+1. The summed E-state index contributed by atoms with van der Waals surface area (Å²) in [4.78, 5) is 21.2. The van der Waals surface area contributed by atoms with Gasteiger partial charge in [0.15, 0.2) is 17.3 Å². The minimum atomic E-state index is -0.193. The van der Waals surface area contributed by atoms with Gasteiger partial charge >= 0.3 is 0 Å². The first-order chi connectivity index (χ1) is 13.4. The van der Waals surface area contributed by atoms with Crippen molar-refractivity contribution in [1.29, 1.82) is 0 Å². The van der Waals surface area contributed by atoms with Gasteiger partial charge in [0.2, 0.25) is 0 Å². The molecule has 3 rings (SSSR count). The predicted molar refractivity (Wildman–Crippen MR) is 107 cm³/mol. The number of nitrogens with zero attached hydrogens (tertiary/aromatic N) is 1. The van der Waals surface area contributed by atoms with E-state index < -0.39 is 0 Å². The fourth-order valence-electron chi connectivity index (χ4n) is 3.32. The van der Waals surface area contributed by atoms with Gasteiger partial charge in [0.25, 0.3) is 5.56 Å². The van der Waals surface area contributed by atoms with Crippen molar-refractivity contribution in [3.05, 3.63) is 57.6 Å². The second kappa shape index (κ2) is 8.31. The number of fused-ring (bicyclic) bond motifs is 1. The van der Waals surface area contributed by atoms with Crippen molar-refractivity contribution in [3.63, 3.8) is 0 Å². The lowest BCUT2D eigenvalue weighted by Gasteiger charge is -2.16. The van der Waals surface area contributed by atoms with Crippen LogP contribution in [0.2, 0.25) is 0 Å². The van der Waals surface area contributed by atoms with Crippen LogP contribution < -0.4 is 24.7 Å². The highest BCUT2D eigenvalue weighted by molar-refractivity contribution is 5.81. The Labute approximate surface area is 163 Å². The van der Waals surface area contributed by atoms with E-state index in [9.17, 15) is 4.79 Å². The Morgan fingerprint density at radius 1 is 0.964 bits per heavy atom. The van der Waals surface area contributed by atoms with Crippen LogP contribution in [-0.2, 0) is 13.1 Å². The molecule has 2 N–H and O–H groups in total. The van der Waals surface area contributed by atoms with Crippen molar-refractivity contribution in [3.8, 4) is 17.2 Å². The second-order valence-electron chi connectivity index (χ2n) is 6.86. The van der Waals surface area contributed by atoms with Crippen LogP contribution in [-0.4, -0.2) is 38.3 Å². The molecule has 1 atom stereocenters. The fourth-order valence-corrected chi connectivity index (χ4v) is 3.32. The molecular formula is C21H26N3O4+. The maximum Gasteiger partial charge on any atom is 0.259 e. The van der Waals surface area contributed by atoms with Gasteiger partial charge in [-0.3, -0.25) is 4.79 Å². The first-order valence-corrected chi connectivity index (χ1v) is 9.05. The summed E-state index contributed by atoms with van der Waals surface area (Å²) in [6, 6.07) is 9.51. The Morgan fingerprint density at radius 3 is 2.32 bits per heavy atom. The van der Waals surface area contributed by atoms with E-state index in [0.29, 0.717) is 34.8 Å². The zero-order valence-electron chi connectivity index (χ0n) is 16.9. The van der Waals surface area contributed by atoms with Gasteiger partial charge in [0.05, 0.1) is 39.3 Å². The summed E-state index contributed by atoms with van der Waals surface area (Å²) in [6.07, 6.45) is 0. The predicted octanol–water partition coefficient (Wildman–Crippen LogP) is 1.47. The Kier molecular flexibility index (Phi) is 5.84. The van der Waals surface area contributed by atoms with Crippen molar-refractivity contribution in [2.24, 2.45) is 0 Å². The summed E-state index contributed by atoms with van der Waals surface area (Å²) < 4.78 is 16.1. The molecule has 2 aromatic carbocycles. The third-order valence-electron chi connectivity index (χ3n) is 4.66. The molecule has 0 aliphatic heterocycles. The van der Waals surface area contributed by atoms with Gasteiger partial charge < -0.3 is 24.1 Å². The average molecular weight is 384 g/mol. The number of aromatic amines is 1. The van der Waals surface area contributed by atoms with E-state index in [1.807, 2.05) is 12.1 Å². The topological polar surface area (TPSA) is 77.9 Å². The number of rotatable bonds is 7. The molecule has 0 saturated heterocycles. The summed E-state index contributed by atoms with van der Waals surface area (Å²) in [7, 11) is 6.83. The highest BCUT2D eigenvalue weighted by atomic mass is 16.5. The van der Waals surface area contributed by atoms with Gasteiger partial charge in [0, 0.05) is 11.6 Å². The van der Waals surface area contributed by atoms with Crippen molar-refractivity contribution in [2.75, 3.05) is 28.4 Å². The molecule has 0 aliphatic rings. The molecule has 0 saturated carbocycles. The monoisotopic (exact) mass is 384 g/mol. The van der Waals surface area contributed by atoms with Crippen LogP contribution in [0.5, 0.6) is 17.2 Å². The van der Waals surface area contributed by atoms with E-state index >= 15 is 0 Å². The van der Waals surface area contributed by atoms with Crippen molar-refractivity contribution in [1.82, 2.24) is 9.97 Å². The highest BCUT2D eigenvalue weighted by Crippen LogP contribution is 2.29. The number of H-pyrrole nitrogens is 1. The number of hydrogen-bond acceptors (Lipinski definition) is 5. The summed E-state index contributed by atoms with van der Waals surface area (Å²) in [5, 5.41) is 0.472. The lowest BCUT2D eigenvalue weighted by Crippen LogP contribution is -3.06. The van der Waals surface area contributed by atoms with Gasteiger partial charge in [-0.15, -0.1) is 0 Å². The minimum Gasteiger partial charge on any atom is -0.496 e.